The van der Waals surface area contributed by atoms with Gasteiger partial charge in [0.1, 0.15) is 11.5 Å². The number of nitrogens with one attached hydrogen (secondary N) is 1. The highest BCUT2D eigenvalue weighted by Crippen LogP contribution is 2.12. The SMILES string of the molecule is Cc1cc(C(=O)NCCOCCO)c(C)o1. The largest absolute Gasteiger partial charge is 0.466 e. The lowest BCUT2D eigenvalue weighted by Gasteiger charge is -2.04. The molecule has 1 aromatic rings. The van der Waals surface area contributed by atoms with Crippen LogP contribution in [0.15, 0.2) is 10.5 Å². The summed E-state index contributed by atoms with van der Waals surface area (Å²) in [6.45, 7) is 4.65. The van der Waals surface area contributed by atoms with Crippen molar-refractivity contribution < 1.29 is 19.1 Å². The van der Waals surface area contributed by atoms with Gasteiger partial charge in [0.15, 0.2) is 0 Å². The number of amides is 1. The lowest BCUT2D eigenvalue weighted by atomic mass is 10.2. The summed E-state index contributed by atoms with van der Waals surface area (Å²) in [6, 6.07) is 1.71. The molecule has 0 saturated heterocycles. The highest BCUT2D eigenvalue weighted by atomic mass is 16.5. The van der Waals surface area contributed by atoms with Crippen LogP contribution in [0.2, 0.25) is 0 Å². The Morgan fingerprint density at radius 3 is 2.81 bits per heavy atom. The molecule has 0 aliphatic carbocycles. The first-order valence-electron chi connectivity index (χ1n) is 5.19. The molecule has 0 unspecified atom stereocenters. The molecule has 5 heteroatoms. The Balaban J connectivity index is 2.33. The number of aryl methyl sites for hydroxylation is 2. The lowest BCUT2D eigenvalue weighted by Crippen LogP contribution is -2.27. The second-order valence-electron chi connectivity index (χ2n) is 3.42. The van der Waals surface area contributed by atoms with E-state index in [1.165, 1.54) is 0 Å². The average molecular weight is 227 g/mol. The highest BCUT2D eigenvalue weighted by Gasteiger charge is 2.12. The predicted molar refractivity (Wildman–Crippen MR) is 58.4 cm³/mol. The van der Waals surface area contributed by atoms with E-state index in [0.717, 1.165) is 5.76 Å². The van der Waals surface area contributed by atoms with E-state index in [0.29, 0.717) is 31.1 Å². The van der Waals surface area contributed by atoms with Gasteiger partial charge in [0.2, 0.25) is 0 Å². The summed E-state index contributed by atoms with van der Waals surface area (Å²) in [5.41, 5.74) is 0.555. The minimum absolute atomic E-state index is 0.00597. The van der Waals surface area contributed by atoms with Crippen LogP contribution in [0.5, 0.6) is 0 Å². The second-order valence-corrected chi connectivity index (χ2v) is 3.42. The fraction of sp³-hybridized carbons (Fsp3) is 0.545. The molecule has 16 heavy (non-hydrogen) atoms. The number of carbonyl (C=O) groups excluding carboxylic acids is 1. The van der Waals surface area contributed by atoms with Gasteiger partial charge in [0.05, 0.1) is 25.4 Å². The zero-order valence-corrected chi connectivity index (χ0v) is 9.58. The van der Waals surface area contributed by atoms with Crippen molar-refractivity contribution in [3.05, 3.63) is 23.2 Å². The summed E-state index contributed by atoms with van der Waals surface area (Å²) in [4.78, 5) is 11.6. The fourth-order valence-electron chi connectivity index (χ4n) is 1.35. The van der Waals surface area contributed by atoms with Gasteiger partial charge >= 0.3 is 0 Å². The summed E-state index contributed by atoms with van der Waals surface area (Å²) in [6.07, 6.45) is 0. The van der Waals surface area contributed by atoms with Gasteiger partial charge in [-0.2, -0.15) is 0 Å². The molecule has 5 nitrogen and oxygen atoms in total. The quantitative estimate of drug-likeness (QED) is 0.699. The summed E-state index contributed by atoms with van der Waals surface area (Å²) in [5.74, 6) is 1.17. The normalized spacial score (nSPS) is 10.4. The Kier molecular flexibility index (Phi) is 5.01. The average Bonchev–Trinajstić information content (AvgIpc) is 2.57. The van der Waals surface area contributed by atoms with Crippen molar-refractivity contribution in [2.45, 2.75) is 13.8 Å². The zero-order valence-electron chi connectivity index (χ0n) is 9.58. The first-order valence-corrected chi connectivity index (χ1v) is 5.19. The fourth-order valence-corrected chi connectivity index (χ4v) is 1.35. The minimum Gasteiger partial charge on any atom is -0.466 e. The number of hydrogen-bond donors (Lipinski definition) is 2. The first kappa shape index (κ1) is 12.7. The third-order valence-corrected chi connectivity index (χ3v) is 2.05. The molecule has 90 valence electrons. The van der Waals surface area contributed by atoms with Gasteiger partial charge < -0.3 is 19.6 Å². The van der Waals surface area contributed by atoms with Crippen LogP contribution in [0.25, 0.3) is 0 Å². The Hall–Kier alpha value is -1.33. The van der Waals surface area contributed by atoms with E-state index in [-0.39, 0.29) is 12.5 Å². The van der Waals surface area contributed by atoms with E-state index >= 15 is 0 Å². The van der Waals surface area contributed by atoms with E-state index in [1.54, 1.807) is 19.9 Å². The molecule has 0 spiro atoms. The maximum absolute atomic E-state index is 11.6. The first-order chi connectivity index (χ1) is 7.65. The van der Waals surface area contributed by atoms with Gasteiger partial charge in [0, 0.05) is 6.54 Å². The van der Waals surface area contributed by atoms with E-state index in [2.05, 4.69) is 5.32 Å². The number of rotatable bonds is 6. The second kappa shape index (κ2) is 6.30. The molecule has 0 fully saturated rings. The van der Waals surface area contributed by atoms with Crippen LogP contribution in [0, 0.1) is 13.8 Å². The van der Waals surface area contributed by atoms with Gasteiger partial charge in [-0.05, 0) is 19.9 Å². The molecule has 0 radical (unpaired) electrons. The van der Waals surface area contributed by atoms with Crippen LogP contribution < -0.4 is 5.32 Å². The molecule has 0 atom stereocenters. The lowest BCUT2D eigenvalue weighted by molar-refractivity contribution is 0.0837. The predicted octanol–water partition coefficient (Wildman–Crippen LogP) is 0.635. The van der Waals surface area contributed by atoms with Crippen molar-refractivity contribution in [2.24, 2.45) is 0 Å². The van der Waals surface area contributed by atoms with Crippen LogP contribution in [-0.2, 0) is 4.74 Å². The number of ether oxygens (including phenoxy) is 1. The summed E-state index contributed by atoms with van der Waals surface area (Å²) >= 11 is 0. The molecular formula is C11H17NO4. The number of aliphatic hydroxyl groups is 1. The van der Waals surface area contributed by atoms with Crippen LogP contribution in [0.3, 0.4) is 0 Å². The number of furan rings is 1. The molecule has 1 rings (SSSR count). The van der Waals surface area contributed by atoms with Crippen LogP contribution in [-0.4, -0.2) is 37.4 Å². The molecule has 0 bridgehead atoms. The molecule has 0 saturated carbocycles. The topological polar surface area (TPSA) is 71.7 Å². The standard InChI is InChI=1S/C11H17NO4/c1-8-7-10(9(2)16-8)11(14)12-3-5-15-6-4-13/h7,13H,3-6H2,1-2H3,(H,12,14). The van der Waals surface area contributed by atoms with Gasteiger partial charge in [-0.3, -0.25) is 4.79 Å². The molecule has 2 N–H and O–H groups in total. The molecule has 1 aromatic heterocycles. The Morgan fingerprint density at radius 1 is 1.50 bits per heavy atom. The zero-order chi connectivity index (χ0) is 12.0. The van der Waals surface area contributed by atoms with E-state index in [1.807, 2.05) is 0 Å². The Labute approximate surface area is 94.4 Å². The summed E-state index contributed by atoms with van der Waals surface area (Å²) in [5, 5.41) is 11.2. The van der Waals surface area contributed by atoms with Gasteiger partial charge in [-0.15, -0.1) is 0 Å². The monoisotopic (exact) mass is 227 g/mol. The highest BCUT2D eigenvalue weighted by molar-refractivity contribution is 5.95. The van der Waals surface area contributed by atoms with E-state index in [4.69, 9.17) is 14.3 Å². The van der Waals surface area contributed by atoms with Gasteiger partial charge in [-0.25, -0.2) is 0 Å². The third kappa shape index (κ3) is 3.67. The number of carbonyl (C=O) groups is 1. The van der Waals surface area contributed by atoms with Crippen molar-refractivity contribution >= 4 is 5.91 Å². The van der Waals surface area contributed by atoms with Crippen molar-refractivity contribution in [1.29, 1.82) is 0 Å². The van der Waals surface area contributed by atoms with Crippen molar-refractivity contribution in [3.8, 4) is 0 Å². The molecule has 0 aromatic carbocycles. The maximum Gasteiger partial charge on any atom is 0.254 e. The van der Waals surface area contributed by atoms with Gasteiger partial charge in [-0.1, -0.05) is 0 Å². The van der Waals surface area contributed by atoms with Crippen LogP contribution in [0.4, 0.5) is 0 Å². The Morgan fingerprint density at radius 2 is 2.25 bits per heavy atom. The van der Waals surface area contributed by atoms with Crippen LogP contribution >= 0.6 is 0 Å². The van der Waals surface area contributed by atoms with E-state index in [9.17, 15) is 4.79 Å². The van der Waals surface area contributed by atoms with E-state index < -0.39 is 0 Å². The van der Waals surface area contributed by atoms with Gasteiger partial charge in [0.25, 0.3) is 5.91 Å². The minimum atomic E-state index is -0.165. The molecule has 1 amide bonds. The summed E-state index contributed by atoms with van der Waals surface area (Å²) in [7, 11) is 0. The smallest absolute Gasteiger partial charge is 0.254 e. The molecule has 1 heterocycles. The molecule has 0 aliphatic rings. The molecular weight excluding hydrogens is 210 g/mol. The van der Waals surface area contributed by atoms with Crippen LogP contribution in [0.1, 0.15) is 21.9 Å². The van der Waals surface area contributed by atoms with Crippen molar-refractivity contribution in [3.63, 3.8) is 0 Å². The van der Waals surface area contributed by atoms with Crippen molar-refractivity contribution in [2.75, 3.05) is 26.4 Å². The number of aliphatic hydroxyl groups excluding tert-OH is 1. The van der Waals surface area contributed by atoms with Crippen molar-refractivity contribution in [1.82, 2.24) is 5.32 Å². The summed E-state index contributed by atoms with van der Waals surface area (Å²) < 4.78 is 10.3. The maximum atomic E-state index is 11.6. The Bertz CT molecular complexity index is 346. The third-order valence-electron chi connectivity index (χ3n) is 2.05. The molecule has 0 aliphatic heterocycles. The number of hydrogen-bond acceptors (Lipinski definition) is 4.